The lowest BCUT2D eigenvalue weighted by atomic mass is 9.82. The summed E-state index contributed by atoms with van der Waals surface area (Å²) in [5.41, 5.74) is 6.07. The number of hydrogen-bond donors (Lipinski definition) is 0. The second-order valence-electron chi connectivity index (χ2n) is 11.6. The Hall–Kier alpha value is -3.13. The summed E-state index contributed by atoms with van der Waals surface area (Å²) < 4.78 is 2.60. The first-order valence-corrected chi connectivity index (χ1v) is 14.8. The van der Waals surface area contributed by atoms with Crippen molar-refractivity contribution in [2.24, 2.45) is 0 Å². The third-order valence-electron chi connectivity index (χ3n) is 9.39. The van der Waals surface area contributed by atoms with Crippen LogP contribution >= 0.6 is 0 Å². The zero-order chi connectivity index (χ0) is 24.6. The molecule has 2 aliphatic carbocycles. The maximum Gasteiger partial charge on any atom is 0.244 e. The highest BCUT2D eigenvalue weighted by Crippen LogP contribution is 2.44. The molecule has 0 bridgehead atoms. The Balaban J connectivity index is 1.37. The minimum absolute atomic E-state index is 0.686. The number of fused-ring (bicyclic) bond motifs is 2. The lowest BCUT2D eigenvalue weighted by Crippen LogP contribution is -2.21. The Bertz CT molecular complexity index is 1450. The van der Waals surface area contributed by atoms with E-state index < -0.39 is 0 Å². The van der Waals surface area contributed by atoms with Crippen molar-refractivity contribution in [1.29, 1.82) is 0 Å². The van der Waals surface area contributed by atoms with Crippen molar-refractivity contribution in [2.45, 2.75) is 76.0 Å². The van der Waals surface area contributed by atoms with Gasteiger partial charge in [-0.25, -0.2) is 9.48 Å². The first-order chi connectivity index (χ1) is 18.4. The second kappa shape index (κ2) is 9.97. The van der Waals surface area contributed by atoms with Crippen LogP contribution in [-0.2, 0) is 0 Å². The van der Waals surface area contributed by atoms with Gasteiger partial charge < -0.3 is 0 Å². The number of nitrogens with zero attached hydrogens (tertiary/aromatic N) is 2. The van der Waals surface area contributed by atoms with E-state index in [9.17, 15) is 0 Å². The van der Waals surface area contributed by atoms with Crippen molar-refractivity contribution >= 4 is 39.3 Å². The SMILES string of the molecule is C1=[N+](c2c(C3CCCCC3)ccc3ccccc23)CCN1c1c(C2CCCCC2)ccc2ccccc12. The van der Waals surface area contributed by atoms with E-state index in [1.807, 2.05) is 0 Å². The molecule has 4 aromatic rings. The van der Waals surface area contributed by atoms with E-state index in [-0.39, 0.29) is 0 Å². The number of benzene rings is 4. The van der Waals surface area contributed by atoms with Gasteiger partial charge in [-0.15, -0.1) is 0 Å². The average Bonchev–Trinajstić information content (AvgIpc) is 3.46. The van der Waals surface area contributed by atoms with E-state index in [1.165, 1.54) is 97.1 Å². The van der Waals surface area contributed by atoms with Crippen LogP contribution < -0.4 is 4.90 Å². The summed E-state index contributed by atoms with van der Waals surface area (Å²) in [6.45, 7) is 2.09. The molecular formula is C35H39N2+. The maximum absolute atomic E-state index is 2.60. The molecule has 1 heterocycles. The van der Waals surface area contributed by atoms with Gasteiger partial charge in [-0.1, -0.05) is 111 Å². The number of hydrogen-bond acceptors (Lipinski definition) is 1. The summed E-state index contributed by atoms with van der Waals surface area (Å²) in [6, 6.07) is 27.7. The first-order valence-electron chi connectivity index (χ1n) is 14.8. The van der Waals surface area contributed by atoms with Gasteiger partial charge in [-0.05, 0) is 48.3 Å². The van der Waals surface area contributed by atoms with E-state index in [4.69, 9.17) is 0 Å². The monoisotopic (exact) mass is 487 g/mol. The average molecular weight is 488 g/mol. The summed E-state index contributed by atoms with van der Waals surface area (Å²) in [6.07, 6.45) is 16.1. The van der Waals surface area contributed by atoms with Crippen LogP contribution in [0.2, 0.25) is 0 Å². The van der Waals surface area contributed by atoms with Crippen LogP contribution in [0.5, 0.6) is 0 Å². The van der Waals surface area contributed by atoms with Gasteiger partial charge in [0.2, 0.25) is 6.34 Å². The molecule has 4 aromatic carbocycles. The molecule has 7 rings (SSSR count). The molecule has 0 N–H and O–H groups in total. The molecule has 3 aliphatic rings. The molecule has 0 aromatic heterocycles. The summed E-state index contributed by atoms with van der Waals surface area (Å²) in [5.74, 6) is 1.37. The molecule has 0 atom stereocenters. The summed E-state index contributed by atoms with van der Waals surface area (Å²) in [4.78, 5) is 2.60. The van der Waals surface area contributed by atoms with Gasteiger partial charge in [0, 0.05) is 21.9 Å². The van der Waals surface area contributed by atoms with Gasteiger partial charge in [0.05, 0.1) is 0 Å². The maximum atomic E-state index is 2.60. The largest absolute Gasteiger partial charge is 0.244 e. The molecule has 0 unspecified atom stereocenters. The van der Waals surface area contributed by atoms with Crippen molar-refractivity contribution in [2.75, 3.05) is 18.0 Å². The van der Waals surface area contributed by atoms with Crippen LogP contribution in [-0.4, -0.2) is 24.0 Å². The lowest BCUT2D eigenvalue weighted by molar-refractivity contribution is -0.423. The zero-order valence-corrected chi connectivity index (χ0v) is 22.0. The van der Waals surface area contributed by atoms with Crippen LogP contribution in [0.3, 0.4) is 0 Å². The molecular weight excluding hydrogens is 448 g/mol. The van der Waals surface area contributed by atoms with Gasteiger partial charge in [0.25, 0.3) is 0 Å². The zero-order valence-electron chi connectivity index (χ0n) is 22.0. The smallest absolute Gasteiger partial charge is 0.229 e. The van der Waals surface area contributed by atoms with E-state index in [1.54, 1.807) is 11.1 Å². The molecule has 2 fully saturated rings. The fraction of sp³-hybridized carbons (Fsp3) is 0.400. The Morgan fingerprint density at radius 2 is 1.14 bits per heavy atom. The van der Waals surface area contributed by atoms with Gasteiger partial charge in [-0.2, -0.15) is 0 Å². The molecule has 1 aliphatic heterocycles. The van der Waals surface area contributed by atoms with Crippen LogP contribution in [0.25, 0.3) is 21.5 Å². The molecule has 188 valence electrons. The molecule has 37 heavy (non-hydrogen) atoms. The third-order valence-corrected chi connectivity index (χ3v) is 9.39. The molecule has 0 amide bonds. The van der Waals surface area contributed by atoms with Crippen molar-refractivity contribution in [1.82, 2.24) is 0 Å². The van der Waals surface area contributed by atoms with Crippen molar-refractivity contribution in [3.63, 3.8) is 0 Å². The lowest BCUT2D eigenvalue weighted by Gasteiger charge is -2.25. The van der Waals surface area contributed by atoms with E-state index in [0.717, 1.165) is 13.1 Å². The molecule has 2 nitrogen and oxygen atoms in total. The van der Waals surface area contributed by atoms with Crippen LogP contribution in [0, 0.1) is 0 Å². The predicted octanol–water partition coefficient (Wildman–Crippen LogP) is 9.28. The highest BCUT2D eigenvalue weighted by atomic mass is 15.3. The first kappa shape index (κ1) is 23.0. The number of rotatable bonds is 4. The van der Waals surface area contributed by atoms with Crippen molar-refractivity contribution in [3.8, 4) is 0 Å². The topological polar surface area (TPSA) is 6.25 Å². The third kappa shape index (κ3) is 4.25. The Morgan fingerprint density at radius 1 is 0.568 bits per heavy atom. The summed E-state index contributed by atoms with van der Waals surface area (Å²) in [7, 11) is 0. The highest BCUT2D eigenvalue weighted by Gasteiger charge is 2.32. The second-order valence-corrected chi connectivity index (χ2v) is 11.6. The van der Waals surface area contributed by atoms with Gasteiger partial charge in [0.1, 0.15) is 24.5 Å². The van der Waals surface area contributed by atoms with Gasteiger partial charge in [0.15, 0.2) is 0 Å². The predicted molar refractivity (Wildman–Crippen MR) is 158 cm³/mol. The van der Waals surface area contributed by atoms with Gasteiger partial charge in [-0.3, -0.25) is 0 Å². The van der Waals surface area contributed by atoms with E-state index in [2.05, 4.69) is 88.6 Å². The Morgan fingerprint density at radius 3 is 1.84 bits per heavy atom. The molecule has 2 saturated carbocycles. The van der Waals surface area contributed by atoms with E-state index >= 15 is 0 Å². The quantitative estimate of drug-likeness (QED) is 0.260. The van der Waals surface area contributed by atoms with Crippen LogP contribution in [0.15, 0.2) is 72.8 Å². The minimum atomic E-state index is 0.686. The fourth-order valence-corrected chi connectivity index (χ4v) is 7.51. The Kier molecular flexibility index (Phi) is 6.20. The van der Waals surface area contributed by atoms with Crippen LogP contribution in [0.1, 0.15) is 87.2 Å². The minimum Gasteiger partial charge on any atom is -0.229 e. The van der Waals surface area contributed by atoms with Crippen molar-refractivity contribution < 1.29 is 4.58 Å². The van der Waals surface area contributed by atoms with Crippen LogP contribution in [0.4, 0.5) is 11.4 Å². The van der Waals surface area contributed by atoms with Crippen molar-refractivity contribution in [3.05, 3.63) is 83.9 Å². The standard InChI is InChI=1S/C35H39N2/c1-3-11-26(12-4-1)32-21-19-28-15-7-9-17-30(28)34(32)36-23-24-37(25-36)35-31-18-10-8-16-29(31)20-22-33(35)27-13-5-2-6-14-27/h7-10,15-22,25-27H,1-6,11-14,23-24H2/q+1. The normalized spacial score (nSPS) is 19.6. The molecule has 0 spiro atoms. The molecule has 2 heteroatoms. The van der Waals surface area contributed by atoms with Gasteiger partial charge >= 0.3 is 0 Å². The fourth-order valence-electron chi connectivity index (χ4n) is 7.51. The Labute approximate surface area is 221 Å². The highest BCUT2D eigenvalue weighted by molar-refractivity contribution is 6.01. The molecule has 0 saturated heterocycles. The summed E-state index contributed by atoms with van der Waals surface area (Å²) in [5, 5.41) is 5.54. The number of anilines is 1. The summed E-state index contributed by atoms with van der Waals surface area (Å²) >= 11 is 0. The molecule has 0 radical (unpaired) electrons. The van der Waals surface area contributed by atoms with E-state index in [0.29, 0.717) is 11.8 Å².